The Morgan fingerprint density at radius 1 is 1.28 bits per heavy atom. The fraction of sp³-hybridized carbons (Fsp3) is 0.312. The molecule has 0 saturated carbocycles. The summed E-state index contributed by atoms with van der Waals surface area (Å²) in [5.41, 5.74) is -0.104. The van der Waals surface area contributed by atoms with Crippen LogP contribution >= 0.6 is 0 Å². The first-order valence-electron chi connectivity index (χ1n) is 7.47. The molecule has 2 heterocycles. The van der Waals surface area contributed by atoms with E-state index >= 15 is 0 Å². The summed E-state index contributed by atoms with van der Waals surface area (Å²) >= 11 is 0. The predicted octanol–water partition coefficient (Wildman–Crippen LogP) is 1.41. The highest BCUT2D eigenvalue weighted by atomic mass is 19.4. The standard InChI is InChI=1S/C16H14F3N3O3/c17-16(18,19)10-3-1-9(2-4-10)13(23)15(25)22-6-5-11-12(7-22)20-8-21-14(11)24/h1-4,8,13,23H,5-7H2,(H,20,21,24)/t13-/m1/s1. The molecule has 2 N–H and O–H groups in total. The topological polar surface area (TPSA) is 86.3 Å². The first-order valence-corrected chi connectivity index (χ1v) is 7.47. The zero-order chi connectivity index (χ0) is 18.2. The van der Waals surface area contributed by atoms with Crippen molar-refractivity contribution in [3.8, 4) is 0 Å². The van der Waals surface area contributed by atoms with E-state index in [1.54, 1.807) is 0 Å². The molecule has 0 fully saturated rings. The third-order valence-corrected chi connectivity index (χ3v) is 4.11. The van der Waals surface area contributed by atoms with Crippen molar-refractivity contribution in [3.63, 3.8) is 0 Å². The van der Waals surface area contributed by atoms with Crippen LogP contribution in [0.1, 0.15) is 28.5 Å². The van der Waals surface area contributed by atoms with Crippen molar-refractivity contribution in [2.24, 2.45) is 0 Å². The van der Waals surface area contributed by atoms with Crippen LogP contribution in [0.5, 0.6) is 0 Å². The number of carbonyl (C=O) groups is 1. The fourth-order valence-corrected chi connectivity index (χ4v) is 2.72. The lowest BCUT2D eigenvalue weighted by molar-refractivity contribution is -0.141. The second kappa shape index (κ2) is 6.32. The van der Waals surface area contributed by atoms with Crippen LogP contribution in [-0.4, -0.2) is 32.4 Å². The van der Waals surface area contributed by atoms with Crippen LogP contribution in [-0.2, 0) is 23.9 Å². The molecule has 0 saturated heterocycles. The highest BCUT2D eigenvalue weighted by molar-refractivity contribution is 5.82. The van der Waals surface area contributed by atoms with E-state index < -0.39 is 23.8 Å². The molecule has 1 aliphatic rings. The Morgan fingerprint density at radius 3 is 2.60 bits per heavy atom. The van der Waals surface area contributed by atoms with Gasteiger partial charge in [-0.1, -0.05) is 12.1 Å². The van der Waals surface area contributed by atoms with Gasteiger partial charge in [0.2, 0.25) is 0 Å². The van der Waals surface area contributed by atoms with Gasteiger partial charge in [-0.25, -0.2) is 4.98 Å². The number of nitrogens with one attached hydrogen (secondary N) is 1. The van der Waals surface area contributed by atoms with Gasteiger partial charge in [0, 0.05) is 12.1 Å². The largest absolute Gasteiger partial charge is 0.416 e. The number of H-pyrrole nitrogens is 1. The molecule has 0 radical (unpaired) electrons. The number of hydrogen-bond donors (Lipinski definition) is 2. The average molecular weight is 353 g/mol. The van der Waals surface area contributed by atoms with Crippen LogP contribution in [0.3, 0.4) is 0 Å². The van der Waals surface area contributed by atoms with E-state index in [0.29, 0.717) is 17.7 Å². The number of hydrogen-bond acceptors (Lipinski definition) is 4. The smallest absolute Gasteiger partial charge is 0.378 e. The van der Waals surface area contributed by atoms with Gasteiger partial charge < -0.3 is 15.0 Å². The molecule has 0 spiro atoms. The average Bonchev–Trinajstić information content (AvgIpc) is 2.60. The molecule has 3 rings (SSSR count). The molecule has 0 aliphatic carbocycles. The number of amides is 1. The predicted molar refractivity (Wildman–Crippen MR) is 80.4 cm³/mol. The number of aliphatic hydroxyl groups is 1. The Bertz CT molecular complexity index is 846. The van der Waals surface area contributed by atoms with Crippen molar-refractivity contribution in [2.75, 3.05) is 6.54 Å². The summed E-state index contributed by atoms with van der Waals surface area (Å²) in [5.74, 6) is -0.646. The summed E-state index contributed by atoms with van der Waals surface area (Å²) in [5, 5.41) is 10.2. The van der Waals surface area contributed by atoms with E-state index in [2.05, 4.69) is 9.97 Å². The van der Waals surface area contributed by atoms with Crippen molar-refractivity contribution in [1.29, 1.82) is 0 Å². The highest BCUT2D eigenvalue weighted by Crippen LogP contribution is 2.30. The molecule has 1 aromatic carbocycles. The lowest BCUT2D eigenvalue weighted by Crippen LogP contribution is -2.41. The summed E-state index contributed by atoms with van der Waals surface area (Å²) in [7, 11) is 0. The van der Waals surface area contributed by atoms with Crippen molar-refractivity contribution in [3.05, 3.63) is 63.3 Å². The Kier molecular flexibility index (Phi) is 4.34. The van der Waals surface area contributed by atoms with E-state index in [4.69, 9.17) is 0 Å². The van der Waals surface area contributed by atoms with Crippen LogP contribution in [0.25, 0.3) is 0 Å². The minimum atomic E-state index is -4.48. The lowest BCUT2D eigenvalue weighted by Gasteiger charge is -2.29. The van der Waals surface area contributed by atoms with Crippen LogP contribution in [0.2, 0.25) is 0 Å². The normalized spacial score (nSPS) is 15.6. The number of nitrogens with zero attached hydrogens (tertiary/aromatic N) is 2. The molecule has 9 heteroatoms. The maximum Gasteiger partial charge on any atom is 0.416 e. The van der Waals surface area contributed by atoms with Gasteiger partial charge in [0.1, 0.15) is 0 Å². The first-order chi connectivity index (χ1) is 11.8. The Labute approximate surface area is 139 Å². The van der Waals surface area contributed by atoms with Gasteiger partial charge in [0.15, 0.2) is 6.10 Å². The van der Waals surface area contributed by atoms with E-state index in [-0.39, 0.29) is 24.2 Å². The van der Waals surface area contributed by atoms with Gasteiger partial charge in [0.05, 0.1) is 24.1 Å². The third kappa shape index (κ3) is 3.41. The Morgan fingerprint density at radius 2 is 1.96 bits per heavy atom. The summed E-state index contributed by atoms with van der Waals surface area (Å²) in [6.07, 6.45) is -4.53. The maximum atomic E-state index is 12.6. The molecule has 1 amide bonds. The number of aliphatic hydroxyl groups excluding tert-OH is 1. The number of alkyl halides is 3. The monoisotopic (exact) mass is 353 g/mol. The number of aromatic amines is 1. The molecule has 6 nitrogen and oxygen atoms in total. The SMILES string of the molecule is O=C([C@H](O)c1ccc(C(F)(F)F)cc1)N1CCc2c(nc[nH]c2=O)C1. The molecule has 0 unspecified atom stereocenters. The molecule has 132 valence electrons. The lowest BCUT2D eigenvalue weighted by atomic mass is 10.0. The van der Waals surface area contributed by atoms with Gasteiger partial charge in [-0.2, -0.15) is 13.2 Å². The van der Waals surface area contributed by atoms with E-state index in [1.807, 2.05) is 0 Å². The molecule has 0 bridgehead atoms. The van der Waals surface area contributed by atoms with Crippen LogP contribution in [0, 0.1) is 0 Å². The van der Waals surface area contributed by atoms with Gasteiger partial charge in [-0.3, -0.25) is 9.59 Å². The van der Waals surface area contributed by atoms with Gasteiger partial charge in [-0.05, 0) is 24.1 Å². The molecular formula is C16H14F3N3O3. The molecule has 1 aliphatic heterocycles. The number of carbonyl (C=O) groups excluding carboxylic acids is 1. The number of benzene rings is 1. The molecule has 2 aromatic rings. The number of aromatic nitrogens is 2. The van der Waals surface area contributed by atoms with Crippen LogP contribution < -0.4 is 5.56 Å². The number of fused-ring (bicyclic) bond motifs is 1. The summed E-state index contributed by atoms with van der Waals surface area (Å²) in [6.45, 7) is 0.286. The second-order valence-corrected chi connectivity index (χ2v) is 5.69. The molecule has 1 aromatic heterocycles. The van der Waals surface area contributed by atoms with Crippen LogP contribution in [0.4, 0.5) is 13.2 Å². The van der Waals surface area contributed by atoms with Crippen molar-refractivity contribution in [1.82, 2.24) is 14.9 Å². The first kappa shape index (κ1) is 17.2. The molecule has 25 heavy (non-hydrogen) atoms. The van der Waals surface area contributed by atoms with Gasteiger partial charge in [-0.15, -0.1) is 0 Å². The van der Waals surface area contributed by atoms with Crippen molar-refractivity contribution < 1.29 is 23.1 Å². The van der Waals surface area contributed by atoms with Gasteiger partial charge in [0.25, 0.3) is 11.5 Å². The number of halogens is 3. The van der Waals surface area contributed by atoms with E-state index in [1.165, 1.54) is 11.2 Å². The Balaban J connectivity index is 1.76. The zero-order valence-electron chi connectivity index (χ0n) is 12.9. The maximum absolute atomic E-state index is 12.6. The zero-order valence-corrected chi connectivity index (χ0v) is 12.9. The van der Waals surface area contributed by atoms with Crippen molar-refractivity contribution >= 4 is 5.91 Å². The summed E-state index contributed by atoms with van der Waals surface area (Å²) in [4.78, 5) is 31.9. The van der Waals surface area contributed by atoms with E-state index in [9.17, 15) is 27.9 Å². The highest BCUT2D eigenvalue weighted by Gasteiger charge is 2.32. The summed E-state index contributed by atoms with van der Waals surface area (Å²) in [6, 6.07) is 3.79. The van der Waals surface area contributed by atoms with Crippen LogP contribution in [0.15, 0.2) is 35.4 Å². The minimum Gasteiger partial charge on any atom is -0.378 e. The quantitative estimate of drug-likeness (QED) is 0.855. The molecule has 1 atom stereocenters. The van der Waals surface area contributed by atoms with Crippen molar-refractivity contribution in [2.45, 2.75) is 25.2 Å². The number of rotatable bonds is 2. The van der Waals surface area contributed by atoms with Gasteiger partial charge >= 0.3 is 6.18 Å². The van der Waals surface area contributed by atoms with E-state index in [0.717, 1.165) is 24.3 Å². The minimum absolute atomic E-state index is 0.0653. The third-order valence-electron chi connectivity index (χ3n) is 4.11. The summed E-state index contributed by atoms with van der Waals surface area (Å²) < 4.78 is 37.7. The fourth-order valence-electron chi connectivity index (χ4n) is 2.72. The molecular weight excluding hydrogens is 339 g/mol. The Hall–Kier alpha value is -2.68. The second-order valence-electron chi connectivity index (χ2n) is 5.69.